The maximum absolute atomic E-state index is 11.4. The molecule has 1 aliphatic heterocycles. The molecule has 0 atom stereocenters. The summed E-state index contributed by atoms with van der Waals surface area (Å²) in [6, 6.07) is 0. The van der Waals surface area contributed by atoms with Gasteiger partial charge >= 0.3 is 0 Å². The molecule has 0 unspecified atom stereocenters. The van der Waals surface area contributed by atoms with Gasteiger partial charge in [0.1, 0.15) is 5.82 Å². The van der Waals surface area contributed by atoms with E-state index >= 15 is 0 Å². The van der Waals surface area contributed by atoms with Crippen molar-refractivity contribution in [3.05, 3.63) is 27.4 Å². The first-order valence-electron chi connectivity index (χ1n) is 3.94. The van der Waals surface area contributed by atoms with Crippen molar-refractivity contribution < 1.29 is 0 Å². The molecule has 0 aliphatic carbocycles. The van der Waals surface area contributed by atoms with Gasteiger partial charge in [0.15, 0.2) is 0 Å². The maximum Gasteiger partial charge on any atom is 0.255 e. The van der Waals surface area contributed by atoms with Crippen LogP contribution in [0.2, 0.25) is 0 Å². The Bertz CT molecular complexity index is 369. The van der Waals surface area contributed by atoms with E-state index in [1.807, 2.05) is 7.05 Å². The summed E-state index contributed by atoms with van der Waals surface area (Å²) in [5.74, 6) is 0.703. The number of rotatable bonds is 0. The minimum atomic E-state index is 0.0156. The molecule has 1 aliphatic rings. The van der Waals surface area contributed by atoms with Crippen LogP contribution in [-0.4, -0.2) is 21.9 Å². The van der Waals surface area contributed by atoms with Gasteiger partial charge in [-0.15, -0.1) is 0 Å². The Morgan fingerprint density at radius 3 is 3.00 bits per heavy atom. The second-order valence-corrected chi connectivity index (χ2v) is 3.25. The number of hydrogen-bond acceptors (Lipinski definition) is 3. The number of aromatic amines is 1. The third-order valence-corrected chi connectivity index (χ3v) is 2.07. The Morgan fingerprint density at radius 1 is 1.50 bits per heavy atom. The van der Waals surface area contributed by atoms with E-state index in [4.69, 9.17) is 0 Å². The molecule has 4 heteroatoms. The Labute approximate surface area is 70.2 Å². The van der Waals surface area contributed by atoms with Crippen molar-refractivity contribution in [2.45, 2.75) is 20.0 Å². The second kappa shape index (κ2) is 2.42. The van der Waals surface area contributed by atoms with Crippen molar-refractivity contribution in [2.24, 2.45) is 0 Å². The third kappa shape index (κ3) is 1.04. The van der Waals surface area contributed by atoms with Crippen molar-refractivity contribution in [1.29, 1.82) is 0 Å². The first kappa shape index (κ1) is 7.49. The van der Waals surface area contributed by atoms with E-state index < -0.39 is 0 Å². The van der Waals surface area contributed by atoms with Gasteiger partial charge in [0.05, 0.1) is 11.3 Å². The number of nitrogens with one attached hydrogen (secondary N) is 1. The molecular weight excluding hydrogens is 154 g/mol. The van der Waals surface area contributed by atoms with Crippen LogP contribution in [0.1, 0.15) is 17.1 Å². The molecule has 1 N–H and O–H groups in total. The van der Waals surface area contributed by atoms with E-state index in [0.29, 0.717) is 5.82 Å². The highest BCUT2D eigenvalue weighted by Gasteiger charge is 2.19. The molecule has 0 saturated carbocycles. The van der Waals surface area contributed by atoms with Gasteiger partial charge in [-0.05, 0) is 14.0 Å². The van der Waals surface area contributed by atoms with Gasteiger partial charge in [-0.3, -0.25) is 9.69 Å². The summed E-state index contributed by atoms with van der Waals surface area (Å²) in [5.41, 5.74) is 1.77. The van der Waals surface area contributed by atoms with Crippen LogP contribution >= 0.6 is 0 Å². The fourth-order valence-electron chi connectivity index (χ4n) is 1.54. The Hall–Kier alpha value is -1.16. The highest BCUT2D eigenvalue weighted by atomic mass is 16.1. The van der Waals surface area contributed by atoms with Crippen LogP contribution in [0.3, 0.4) is 0 Å². The highest BCUT2D eigenvalue weighted by molar-refractivity contribution is 5.21. The lowest BCUT2D eigenvalue weighted by Gasteiger charge is -2.01. The Balaban J connectivity index is 2.60. The number of hydrogen-bond donors (Lipinski definition) is 1. The normalized spacial score (nSPS) is 16.5. The van der Waals surface area contributed by atoms with E-state index in [1.165, 1.54) is 0 Å². The molecule has 0 bridgehead atoms. The van der Waals surface area contributed by atoms with Gasteiger partial charge in [0, 0.05) is 13.1 Å². The molecule has 0 saturated heterocycles. The van der Waals surface area contributed by atoms with Gasteiger partial charge < -0.3 is 4.98 Å². The van der Waals surface area contributed by atoms with E-state index in [1.54, 1.807) is 6.92 Å². The summed E-state index contributed by atoms with van der Waals surface area (Å²) in [4.78, 5) is 20.4. The van der Waals surface area contributed by atoms with Gasteiger partial charge in [-0.2, -0.15) is 0 Å². The molecule has 0 radical (unpaired) electrons. The minimum Gasteiger partial charge on any atom is -0.310 e. The largest absolute Gasteiger partial charge is 0.310 e. The molecule has 0 spiro atoms. The fourth-order valence-corrected chi connectivity index (χ4v) is 1.54. The molecule has 2 rings (SSSR count). The van der Waals surface area contributed by atoms with Crippen LogP contribution in [-0.2, 0) is 13.1 Å². The number of aryl methyl sites for hydroxylation is 1. The molecule has 64 valence electrons. The average molecular weight is 165 g/mol. The molecule has 0 fully saturated rings. The zero-order chi connectivity index (χ0) is 8.72. The summed E-state index contributed by atoms with van der Waals surface area (Å²) >= 11 is 0. The van der Waals surface area contributed by atoms with Crippen molar-refractivity contribution in [2.75, 3.05) is 7.05 Å². The lowest BCUT2D eigenvalue weighted by atomic mass is 10.3. The van der Waals surface area contributed by atoms with Crippen molar-refractivity contribution in [1.82, 2.24) is 14.9 Å². The predicted octanol–water partition coefficient (Wildman–Crippen LogP) is 0.0237. The first-order chi connectivity index (χ1) is 5.66. The minimum absolute atomic E-state index is 0.0156. The van der Waals surface area contributed by atoms with Gasteiger partial charge in [-0.25, -0.2) is 4.98 Å². The van der Waals surface area contributed by atoms with E-state index in [2.05, 4.69) is 14.9 Å². The molecular formula is C8H11N3O. The van der Waals surface area contributed by atoms with E-state index in [-0.39, 0.29) is 5.56 Å². The van der Waals surface area contributed by atoms with Crippen molar-refractivity contribution in [3.63, 3.8) is 0 Å². The molecule has 1 aromatic rings. The number of H-pyrrole nitrogens is 1. The SMILES string of the molecule is Cc1nc2c(c(=O)[nH]1)CN(C)C2. The van der Waals surface area contributed by atoms with Crippen molar-refractivity contribution in [3.8, 4) is 0 Å². The maximum atomic E-state index is 11.4. The zero-order valence-electron chi connectivity index (χ0n) is 7.22. The van der Waals surface area contributed by atoms with Crippen LogP contribution in [0.4, 0.5) is 0 Å². The molecule has 0 aromatic carbocycles. The second-order valence-electron chi connectivity index (χ2n) is 3.25. The number of fused-ring (bicyclic) bond motifs is 1. The van der Waals surface area contributed by atoms with Gasteiger partial charge in [-0.1, -0.05) is 0 Å². The van der Waals surface area contributed by atoms with Crippen LogP contribution in [0, 0.1) is 6.92 Å². The number of aromatic nitrogens is 2. The smallest absolute Gasteiger partial charge is 0.255 e. The van der Waals surface area contributed by atoms with Crippen LogP contribution in [0.5, 0.6) is 0 Å². The van der Waals surface area contributed by atoms with Gasteiger partial charge in [0.25, 0.3) is 5.56 Å². The molecule has 0 amide bonds. The molecule has 2 heterocycles. The average Bonchev–Trinajstić information content (AvgIpc) is 2.29. The van der Waals surface area contributed by atoms with Crippen LogP contribution in [0.15, 0.2) is 4.79 Å². The monoisotopic (exact) mass is 165 g/mol. The topological polar surface area (TPSA) is 49.0 Å². The van der Waals surface area contributed by atoms with Crippen LogP contribution in [0.25, 0.3) is 0 Å². The third-order valence-electron chi connectivity index (χ3n) is 2.07. The quantitative estimate of drug-likeness (QED) is 0.589. The lowest BCUT2D eigenvalue weighted by molar-refractivity contribution is 0.350. The summed E-state index contributed by atoms with van der Waals surface area (Å²) in [6.07, 6.45) is 0. The number of nitrogens with zero attached hydrogens (tertiary/aromatic N) is 2. The standard InChI is InChI=1S/C8H11N3O/c1-5-9-7-4-11(2)3-6(7)8(12)10-5/h3-4H2,1-2H3,(H,9,10,12). The summed E-state index contributed by atoms with van der Waals surface area (Å²) in [5, 5.41) is 0. The molecule has 12 heavy (non-hydrogen) atoms. The molecule has 4 nitrogen and oxygen atoms in total. The Kier molecular flexibility index (Phi) is 1.51. The lowest BCUT2D eigenvalue weighted by Crippen LogP contribution is -2.16. The highest BCUT2D eigenvalue weighted by Crippen LogP contribution is 2.14. The van der Waals surface area contributed by atoms with Gasteiger partial charge in [0.2, 0.25) is 0 Å². The summed E-state index contributed by atoms with van der Waals surface area (Å²) in [6.45, 7) is 3.32. The van der Waals surface area contributed by atoms with E-state index in [0.717, 1.165) is 24.3 Å². The van der Waals surface area contributed by atoms with Crippen LogP contribution < -0.4 is 5.56 Å². The summed E-state index contributed by atoms with van der Waals surface area (Å²) < 4.78 is 0. The first-order valence-corrected chi connectivity index (χ1v) is 3.94. The zero-order valence-corrected chi connectivity index (χ0v) is 7.22. The Morgan fingerprint density at radius 2 is 2.25 bits per heavy atom. The fraction of sp³-hybridized carbons (Fsp3) is 0.500. The van der Waals surface area contributed by atoms with Crippen molar-refractivity contribution >= 4 is 0 Å². The van der Waals surface area contributed by atoms with E-state index in [9.17, 15) is 4.79 Å². The predicted molar refractivity (Wildman–Crippen MR) is 44.8 cm³/mol. The molecule has 1 aromatic heterocycles. The summed E-state index contributed by atoms with van der Waals surface area (Å²) in [7, 11) is 1.98.